The highest BCUT2D eigenvalue weighted by Crippen LogP contribution is 2.18. The molecule has 0 bridgehead atoms. The van der Waals surface area contributed by atoms with E-state index in [9.17, 15) is 4.39 Å². The lowest BCUT2D eigenvalue weighted by atomic mass is 9.96. The van der Waals surface area contributed by atoms with E-state index in [1.807, 2.05) is 25.1 Å². The number of rotatable bonds is 2. The molecule has 0 saturated carbocycles. The van der Waals surface area contributed by atoms with Gasteiger partial charge in [0.25, 0.3) is 0 Å². The fraction of sp³-hybridized carbons (Fsp3) is 0.333. The molecule has 0 amide bonds. The summed E-state index contributed by atoms with van der Waals surface area (Å²) in [6, 6.07) is 5.56. The second-order valence-corrected chi connectivity index (χ2v) is 4.07. The van der Waals surface area contributed by atoms with Gasteiger partial charge < -0.3 is 4.84 Å². The number of pyridine rings is 1. The fourth-order valence-electron chi connectivity index (χ4n) is 1.67. The molecule has 0 N–H and O–H groups in total. The van der Waals surface area contributed by atoms with Gasteiger partial charge in [0.15, 0.2) is 0 Å². The minimum Gasteiger partial charge on any atom is -0.396 e. The second kappa shape index (κ2) is 6.69. The molecule has 1 heterocycles. The van der Waals surface area contributed by atoms with Crippen LogP contribution in [-0.4, -0.2) is 23.5 Å². The first-order chi connectivity index (χ1) is 9.29. The maximum Gasteiger partial charge on any atom is 0.146 e. The van der Waals surface area contributed by atoms with E-state index in [1.54, 1.807) is 12.3 Å². The molecule has 1 atom stereocenters. The Labute approximate surface area is 112 Å². The lowest BCUT2D eigenvalue weighted by molar-refractivity contribution is 0.156. The van der Waals surface area contributed by atoms with E-state index in [-0.39, 0.29) is 0 Å². The smallest absolute Gasteiger partial charge is 0.146 e. The predicted octanol–water partition coefficient (Wildman–Crippen LogP) is 2.88. The van der Waals surface area contributed by atoms with Crippen LogP contribution in [0.4, 0.5) is 4.39 Å². The van der Waals surface area contributed by atoms with Crippen molar-refractivity contribution in [2.45, 2.75) is 25.9 Å². The number of hydrogen-bond acceptors (Lipinski definition) is 3. The molecular weight excluding hydrogens is 242 g/mol. The Morgan fingerprint density at radius 2 is 2.37 bits per heavy atom. The largest absolute Gasteiger partial charge is 0.396 e. The first-order valence-electron chi connectivity index (χ1n) is 6.27. The Bertz CT molecular complexity index is 540. The van der Waals surface area contributed by atoms with Gasteiger partial charge in [0.1, 0.15) is 24.2 Å². The van der Waals surface area contributed by atoms with Crippen LogP contribution in [0.2, 0.25) is 0 Å². The van der Waals surface area contributed by atoms with Crippen LogP contribution in [-0.2, 0) is 4.84 Å². The van der Waals surface area contributed by atoms with Crippen molar-refractivity contribution in [3.8, 4) is 11.8 Å². The van der Waals surface area contributed by atoms with E-state index >= 15 is 0 Å². The average Bonchev–Trinajstić information content (AvgIpc) is 2.46. The van der Waals surface area contributed by atoms with E-state index in [0.29, 0.717) is 30.9 Å². The molecule has 0 fully saturated rings. The third-order valence-corrected chi connectivity index (χ3v) is 2.63. The molecule has 19 heavy (non-hydrogen) atoms. The lowest BCUT2D eigenvalue weighted by Crippen LogP contribution is -2.18. The van der Waals surface area contributed by atoms with Crippen LogP contribution in [0.15, 0.2) is 41.2 Å². The van der Waals surface area contributed by atoms with Crippen molar-refractivity contribution in [3.63, 3.8) is 0 Å². The Hall–Kier alpha value is -2.15. The minimum absolute atomic E-state index is 0.318. The zero-order valence-corrected chi connectivity index (χ0v) is 10.8. The number of aromatic nitrogens is 1. The van der Waals surface area contributed by atoms with Gasteiger partial charge in [-0.05, 0) is 43.9 Å². The number of halogens is 1. The summed E-state index contributed by atoms with van der Waals surface area (Å²) in [4.78, 5) is 9.01. The van der Waals surface area contributed by atoms with Crippen molar-refractivity contribution in [3.05, 3.63) is 41.7 Å². The monoisotopic (exact) mass is 257 g/mol. The summed E-state index contributed by atoms with van der Waals surface area (Å²) in [5.41, 5.74) is 1.88. The molecular formula is C15H15FN2O. The van der Waals surface area contributed by atoms with Crippen molar-refractivity contribution in [1.82, 2.24) is 4.98 Å². The van der Waals surface area contributed by atoms with Crippen LogP contribution in [0.5, 0.6) is 0 Å². The Morgan fingerprint density at radius 3 is 3.11 bits per heavy atom. The molecule has 1 aliphatic rings. The van der Waals surface area contributed by atoms with Crippen LogP contribution in [0.1, 0.15) is 25.5 Å². The van der Waals surface area contributed by atoms with Crippen molar-refractivity contribution in [2.75, 3.05) is 6.61 Å². The molecule has 0 aliphatic heterocycles. The SMILES string of the molecule is CCO/N=C1\C=C(C#Cc2ccccn2)CCC1[18F]. The lowest BCUT2D eigenvalue weighted by Gasteiger charge is -2.14. The highest BCUT2D eigenvalue weighted by molar-refractivity contribution is 6.00. The third-order valence-electron chi connectivity index (χ3n) is 2.63. The van der Waals surface area contributed by atoms with E-state index in [1.165, 1.54) is 0 Å². The van der Waals surface area contributed by atoms with Crippen LogP contribution in [0, 0.1) is 11.8 Å². The zero-order chi connectivity index (χ0) is 13.5. The van der Waals surface area contributed by atoms with Gasteiger partial charge in [-0.25, -0.2) is 9.37 Å². The highest BCUT2D eigenvalue weighted by atomic mass is 18.2. The van der Waals surface area contributed by atoms with E-state index < -0.39 is 6.17 Å². The first-order valence-corrected chi connectivity index (χ1v) is 6.27. The topological polar surface area (TPSA) is 34.5 Å². The molecule has 1 unspecified atom stereocenters. The molecule has 0 radical (unpaired) electrons. The summed E-state index contributed by atoms with van der Waals surface area (Å²) in [5.74, 6) is 5.97. The van der Waals surface area contributed by atoms with E-state index in [2.05, 4.69) is 22.0 Å². The minimum atomic E-state index is -1.06. The first kappa shape index (κ1) is 13.3. The van der Waals surface area contributed by atoms with Crippen molar-refractivity contribution < 1.29 is 9.23 Å². The summed E-state index contributed by atoms with van der Waals surface area (Å²) in [5, 5.41) is 3.77. The molecule has 1 aromatic rings. The van der Waals surface area contributed by atoms with Crippen LogP contribution in [0.3, 0.4) is 0 Å². The maximum atomic E-state index is 13.6. The molecule has 0 spiro atoms. The van der Waals surface area contributed by atoms with Crippen LogP contribution < -0.4 is 0 Å². The number of allylic oxidation sites excluding steroid dienone is 2. The van der Waals surface area contributed by atoms with Crippen molar-refractivity contribution in [2.24, 2.45) is 5.16 Å². The number of nitrogens with zero attached hydrogens (tertiary/aromatic N) is 2. The van der Waals surface area contributed by atoms with Gasteiger partial charge in [0, 0.05) is 11.8 Å². The molecule has 4 heteroatoms. The maximum absolute atomic E-state index is 13.6. The zero-order valence-electron chi connectivity index (χ0n) is 10.8. The van der Waals surface area contributed by atoms with Crippen LogP contribution in [0.25, 0.3) is 0 Å². The highest BCUT2D eigenvalue weighted by Gasteiger charge is 2.19. The summed E-state index contributed by atoms with van der Waals surface area (Å²) in [6.07, 6.45) is 3.31. The third kappa shape index (κ3) is 3.92. The van der Waals surface area contributed by atoms with Gasteiger partial charge in [-0.2, -0.15) is 0 Å². The van der Waals surface area contributed by atoms with Gasteiger partial charge in [0.2, 0.25) is 0 Å². The number of hydrogen-bond donors (Lipinski definition) is 0. The van der Waals surface area contributed by atoms with Gasteiger partial charge in [-0.1, -0.05) is 17.1 Å². The summed E-state index contributed by atoms with van der Waals surface area (Å²) >= 11 is 0. The molecule has 1 aliphatic carbocycles. The molecule has 98 valence electrons. The molecule has 3 nitrogen and oxygen atoms in total. The predicted molar refractivity (Wildman–Crippen MR) is 72.4 cm³/mol. The van der Waals surface area contributed by atoms with Crippen LogP contribution >= 0.6 is 0 Å². The average molecular weight is 257 g/mol. The molecule has 0 saturated heterocycles. The standard InChI is InChI=1S/C15H15FN2O/c1-2-19-18-15-11-12(7-9-14(15)16)6-8-13-5-3-4-10-17-13/h3-5,10-11,14H,2,7,9H2,1H3/b18-15+/i16-1. The summed E-state index contributed by atoms with van der Waals surface area (Å²) in [6.45, 7) is 2.24. The summed E-state index contributed by atoms with van der Waals surface area (Å²) < 4.78 is 13.6. The van der Waals surface area contributed by atoms with Gasteiger partial charge in [0.05, 0.1) is 0 Å². The molecule has 1 aromatic heterocycles. The number of alkyl halides is 1. The normalized spacial score (nSPS) is 20.4. The van der Waals surface area contributed by atoms with E-state index in [4.69, 9.17) is 4.84 Å². The van der Waals surface area contributed by atoms with Crippen molar-refractivity contribution >= 4 is 5.71 Å². The fourth-order valence-corrected chi connectivity index (χ4v) is 1.67. The summed E-state index contributed by atoms with van der Waals surface area (Å²) in [7, 11) is 0. The van der Waals surface area contributed by atoms with Crippen molar-refractivity contribution in [1.29, 1.82) is 0 Å². The Kier molecular flexibility index (Phi) is 4.68. The quantitative estimate of drug-likeness (QED) is 0.603. The molecule has 2 rings (SSSR count). The molecule has 0 aromatic carbocycles. The van der Waals surface area contributed by atoms with E-state index in [0.717, 1.165) is 5.57 Å². The van der Waals surface area contributed by atoms with Gasteiger partial charge in [-0.15, -0.1) is 0 Å². The number of oxime groups is 1. The van der Waals surface area contributed by atoms with Gasteiger partial charge >= 0.3 is 0 Å². The Balaban J connectivity index is 2.15. The second-order valence-electron chi connectivity index (χ2n) is 4.07. The van der Waals surface area contributed by atoms with Gasteiger partial charge in [-0.3, -0.25) is 0 Å². The Morgan fingerprint density at radius 1 is 1.47 bits per heavy atom.